The Morgan fingerprint density at radius 2 is 1.69 bits per heavy atom. The molecule has 0 spiro atoms. The Labute approximate surface area is 165 Å². The molecule has 0 saturated carbocycles. The summed E-state index contributed by atoms with van der Waals surface area (Å²) in [6.45, 7) is 0.0508. The molecule has 0 atom stereocenters. The molecule has 0 saturated heterocycles. The summed E-state index contributed by atoms with van der Waals surface area (Å²) >= 11 is 0. The molecule has 1 N–H and O–H groups in total. The van der Waals surface area contributed by atoms with E-state index in [9.17, 15) is 18.8 Å². The molecule has 0 fully saturated rings. The van der Waals surface area contributed by atoms with Crippen molar-refractivity contribution in [1.82, 2.24) is 15.2 Å². The van der Waals surface area contributed by atoms with E-state index in [4.69, 9.17) is 4.42 Å². The third-order valence-electron chi connectivity index (χ3n) is 4.59. The Morgan fingerprint density at radius 1 is 1.03 bits per heavy atom. The van der Waals surface area contributed by atoms with Crippen LogP contribution in [-0.2, 0) is 13.0 Å². The van der Waals surface area contributed by atoms with Gasteiger partial charge >= 0.3 is 0 Å². The summed E-state index contributed by atoms with van der Waals surface area (Å²) in [4.78, 5) is 42.0. The second-order valence-corrected chi connectivity index (χ2v) is 6.47. The van der Waals surface area contributed by atoms with Crippen LogP contribution in [0.3, 0.4) is 0 Å². The smallest absolute Gasteiger partial charge is 0.273 e. The van der Waals surface area contributed by atoms with Gasteiger partial charge in [0.05, 0.1) is 11.1 Å². The molecule has 8 heteroatoms. The zero-order valence-electron chi connectivity index (χ0n) is 15.2. The molecule has 0 unspecified atom stereocenters. The van der Waals surface area contributed by atoms with Gasteiger partial charge in [-0.2, -0.15) is 0 Å². The lowest BCUT2D eigenvalue weighted by Crippen LogP contribution is -2.29. The minimum atomic E-state index is -0.487. The maximum absolute atomic E-state index is 13.6. The highest BCUT2D eigenvalue weighted by Crippen LogP contribution is 2.24. The normalized spacial score (nSPS) is 12.9. The number of imide groups is 1. The lowest BCUT2D eigenvalue weighted by molar-refractivity contribution is 0.0628. The summed E-state index contributed by atoms with van der Waals surface area (Å²) < 4.78 is 18.8. The SMILES string of the molecule is O=C(NCCc1ccccc1F)c1coc(CN2C(=O)c3ccccc3C2=O)n1. The number of fused-ring (bicyclic) bond motifs is 1. The van der Waals surface area contributed by atoms with Gasteiger partial charge in [0.15, 0.2) is 5.69 Å². The first-order valence-corrected chi connectivity index (χ1v) is 8.96. The molecule has 3 aromatic rings. The topological polar surface area (TPSA) is 92.5 Å². The molecular formula is C21H16FN3O4. The number of oxazole rings is 1. The first-order valence-electron chi connectivity index (χ1n) is 8.96. The van der Waals surface area contributed by atoms with Gasteiger partial charge in [0.1, 0.15) is 18.6 Å². The zero-order valence-corrected chi connectivity index (χ0v) is 15.2. The maximum Gasteiger partial charge on any atom is 0.273 e. The molecule has 1 aliphatic rings. The number of hydrogen-bond donors (Lipinski definition) is 1. The van der Waals surface area contributed by atoms with E-state index in [2.05, 4.69) is 10.3 Å². The van der Waals surface area contributed by atoms with E-state index in [1.165, 1.54) is 6.07 Å². The molecule has 7 nitrogen and oxygen atoms in total. The van der Waals surface area contributed by atoms with Gasteiger partial charge in [-0.1, -0.05) is 30.3 Å². The van der Waals surface area contributed by atoms with Crippen LogP contribution in [0.2, 0.25) is 0 Å². The van der Waals surface area contributed by atoms with Gasteiger partial charge in [-0.15, -0.1) is 0 Å². The second kappa shape index (κ2) is 7.67. The quantitative estimate of drug-likeness (QED) is 0.650. The van der Waals surface area contributed by atoms with Crippen molar-refractivity contribution in [3.05, 3.63) is 88.9 Å². The van der Waals surface area contributed by atoms with Gasteiger partial charge in [0.25, 0.3) is 17.7 Å². The largest absolute Gasteiger partial charge is 0.446 e. The van der Waals surface area contributed by atoms with Crippen LogP contribution in [0.15, 0.2) is 59.2 Å². The molecule has 1 aliphatic heterocycles. The van der Waals surface area contributed by atoms with Crippen LogP contribution in [0.25, 0.3) is 0 Å². The number of benzene rings is 2. The van der Waals surface area contributed by atoms with Gasteiger partial charge < -0.3 is 9.73 Å². The minimum absolute atomic E-state index is 0.0187. The zero-order chi connectivity index (χ0) is 20.4. The van der Waals surface area contributed by atoms with Crippen molar-refractivity contribution in [2.24, 2.45) is 0 Å². The predicted molar refractivity (Wildman–Crippen MR) is 99.6 cm³/mol. The molecule has 3 amide bonds. The fourth-order valence-electron chi connectivity index (χ4n) is 3.11. The fourth-order valence-corrected chi connectivity index (χ4v) is 3.11. The van der Waals surface area contributed by atoms with E-state index in [0.717, 1.165) is 11.2 Å². The number of aromatic nitrogens is 1. The average molecular weight is 393 g/mol. The van der Waals surface area contributed by atoms with Crippen LogP contribution in [0, 0.1) is 5.82 Å². The number of carbonyl (C=O) groups excluding carboxylic acids is 3. The summed E-state index contributed by atoms with van der Waals surface area (Å²) in [7, 11) is 0. The van der Waals surface area contributed by atoms with E-state index in [-0.39, 0.29) is 30.5 Å². The number of amides is 3. The molecule has 4 rings (SSSR count). The molecule has 0 aliphatic carbocycles. The minimum Gasteiger partial charge on any atom is -0.446 e. The van der Waals surface area contributed by atoms with Crippen molar-refractivity contribution in [3.63, 3.8) is 0 Å². The Hall–Kier alpha value is -3.81. The Kier molecular flexibility index (Phi) is 4.90. The monoisotopic (exact) mass is 393 g/mol. The van der Waals surface area contributed by atoms with Gasteiger partial charge in [-0.25, -0.2) is 9.37 Å². The van der Waals surface area contributed by atoms with E-state index in [0.29, 0.717) is 23.1 Å². The van der Waals surface area contributed by atoms with E-state index in [1.807, 2.05) is 0 Å². The summed E-state index contributed by atoms with van der Waals surface area (Å²) in [6, 6.07) is 12.9. The highest BCUT2D eigenvalue weighted by molar-refractivity contribution is 6.21. The Morgan fingerprint density at radius 3 is 2.38 bits per heavy atom. The van der Waals surface area contributed by atoms with Crippen LogP contribution in [0.4, 0.5) is 4.39 Å². The van der Waals surface area contributed by atoms with E-state index in [1.54, 1.807) is 42.5 Å². The number of nitrogens with zero attached hydrogens (tertiary/aromatic N) is 2. The van der Waals surface area contributed by atoms with Crippen molar-refractivity contribution in [2.45, 2.75) is 13.0 Å². The average Bonchev–Trinajstić information content (AvgIpc) is 3.29. The molecule has 1 aromatic heterocycles. The molecule has 0 bridgehead atoms. The number of hydrogen-bond acceptors (Lipinski definition) is 5. The number of rotatable bonds is 6. The van der Waals surface area contributed by atoms with Gasteiger partial charge in [-0.05, 0) is 30.2 Å². The summed E-state index contributed by atoms with van der Waals surface area (Å²) in [5, 5.41) is 2.64. The molecule has 2 aromatic carbocycles. The van der Waals surface area contributed by atoms with Crippen molar-refractivity contribution < 1.29 is 23.2 Å². The van der Waals surface area contributed by atoms with Crippen LogP contribution in [0.5, 0.6) is 0 Å². The van der Waals surface area contributed by atoms with Crippen LogP contribution in [0.1, 0.15) is 42.7 Å². The predicted octanol–water partition coefficient (Wildman–Crippen LogP) is 2.58. The molecule has 2 heterocycles. The van der Waals surface area contributed by atoms with Crippen molar-refractivity contribution in [1.29, 1.82) is 0 Å². The highest BCUT2D eigenvalue weighted by atomic mass is 19.1. The molecule has 0 radical (unpaired) electrons. The maximum atomic E-state index is 13.6. The summed E-state index contributed by atoms with van der Waals surface area (Å²) in [5.74, 6) is -1.61. The summed E-state index contributed by atoms with van der Waals surface area (Å²) in [6.07, 6.45) is 1.49. The Balaban J connectivity index is 1.36. The first-order chi connectivity index (χ1) is 14.0. The van der Waals surface area contributed by atoms with Gasteiger partial charge in [0, 0.05) is 6.54 Å². The molecular weight excluding hydrogens is 377 g/mol. The Bertz CT molecular complexity index is 1070. The molecule has 146 valence electrons. The summed E-state index contributed by atoms with van der Waals surface area (Å²) in [5.41, 5.74) is 1.18. The van der Waals surface area contributed by atoms with Gasteiger partial charge in [0.2, 0.25) is 5.89 Å². The highest BCUT2D eigenvalue weighted by Gasteiger charge is 2.36. The van der Waals surface area contributed by atoms with Crippen molar-refractivity contribution >= 4 is 17.7 Å². The number of carbonyl (C=O) groups is 3. The standard InChI is InChI=1S/C21H16FN3O4/c22-16-8-4-1-5-13(16)9-10-23-19(26)17-12-29-18(24-17)11-25-20(27)14-6-2-3-7-15(14)21(25)28/h1-8,12H,9-11H2,(H,23,26). The van der Waals surface area contributed by atoms with Crippen molar-refractivity contribution in [2.75, 3.05) is 6.54 Å². The van der Waals surface area contributed by atoms with E-state index < -0.39 is 17.7 Å². The van der Waals surface area contributed by atoms with Gasteiger partial charge in [-0.3, -0.25) is 19.3 Å². The third kappa shape index (κ3) is 3.64. The third-order valence-corrected chi connectivity index (χ3v) is 4.59. The van der Waals surface area contributed by atoms with Crippen LogP contribution >= 0.6 is 0 Å². The number of halogens is 1. The fraction of sp³-hybridized carbons (Fsp3) is 0.143. The second-order valence-electron chi connectivity index (χ2n) is 6.47. The lowest BCUT2D eigenvalue weighted by Gasteiger charge is -2.10. The van der Waals surface area contributed by atoms with E-state index >= 15 is 0 Å². The lowest BCUT2D eigenvalue weighted by atomic mass is 10.1. The first kappa shape index (κ1) is 18.5. The van der Waals surface area contributed by atoms with Crippen LogP contribution in [-0.4, -0.2) is 34.2 Å². The number of nitrogens with one attached hydrogen (secondary N) is 1. The molecule has 29 heavy (non-hydrogen) atoms. The van der Waals surface area contributed by atoms with Crippen molar-refractivity contribution in [3.8, 4) is 0 Å². The van der Waals surface area contributed by atoms with Crippen LogP contribution < -0.4 is 5.32 Å².